The number of anilines is 1. The van der Waals surface area contributed by atoms with Gasteiger partial charge < -0.3 is 19.3 Å². The maximum atomic E-state index is 13.5. The van der Waals surface area contributed by atoms with Crippen molar-refractivity contribution >= 4 is 46.1 Å². The molecule has 1 amide bonds. The minimum Gasteiger partial charge on any atom is -0.493 e. The molecule has 0 bridgehead atoms. The van der Waals surface area contributed by atoms with Crippen molar-refractivity contribution in [2.75, 3.05) is 58.9 Å². The van der Waals surface area contributed by atoms with Gasteiger partial charge in [-0.25, -0.2) is 0 Å². The van der Waals surface area contributed by atoms with Crippen LogP contribution in [0.4, 0.5) is 5.82 Å². The van der Waals surface area contributed by atoms with Crippen molar-refractivity contribution in [1.29, 1.82) is 5.26 Å². The zero-order valence-electron chi connectivity index (χ0n) is 22.9. The van der Waals surface area contributed by atoms with Crippen molar-refractivity contribution < 1.29 is 14.3 Å². The maximum Gasteiger partial charge on any atom is 0.270 e. The van der Waals surface area contributed by atoms with Gasteiger partial charge in [0.05, 0.1) is 19.1 Å². The number of hydrogen-bond acceptors (Lipinski definition) is 9. The molecule has 0 N–H and O–H groups in total. The number of carbonyl (C=O) groups excluding carboxylic acids is 1. The molecule has 0 radical (unpaired) electrons. The first-order valence-electron chi connectivity index (χ1n) is 12.8. The van der Waals surface area contributed by atoms with Gasteiger partial charge >= 0.3 is 0 Å². The number of thiocarbonyl (C=S) groups is 1. The summed E-state index contributed by atoms with van der Waals surface area (Å²) in [6, 6.07) is 7.77. The zero-order valence-corrected chi connectivity index (χ0v) is 24.6. The lowest BCUT2D eigenvalue weighted by molar-refractivity contribution is -0.122. The van der Waals surface area contributed by atoms with Gasteiger partial charge in [0.15, 0.2) is 11.5 Å². The Balaban J connectivity index is 1.68. The van der Waals surface area contributed by atoms with Gasteiger partial charge in [-0.05, 0) is 56.7 Å². The van der Waals surface area contributed by atoms with Crippen LogP contribution in [0, 0.1) is 18.3 Å². The summed E-state index contributed by atoms with van der Waals surface area (Å²) in [4.78, 5) is 33.3. The Morgan fingerprint density at radius 3 is 2.44 bits per heavy atom. The average molecular weight is 568 g/mol. The Hall–Kier alpha value is -3.33. The molecule has 0 aliphatic carbocycles. The maximum absolute atomic E-state index is 13.5. The lowest BCUT2D eigenvalue weighted by atomic mass is 10.0. The van der Waals surface area contributed by atoms with E-state index in [9.17, 15) is 14.9 Å². The average Bonchev–Trinajstić information content (AvgIpc) is 3.20. The third-order valence-electron chi connectivity index (χ3n) is 7.19. The monoisotopic (exact) mass is 567 g/mol. The Morgan fingerprint density at radius 2 is 1.82 bits per heavy atom. The van der Waals surface area contributed by atoms with Gasteiger partial charge in [0.2, 0.25) is 0 Å². The molecule has 1 aromatic heterocycles. The van der Waals surface area contributed by atoms with E-state index in [4.69, 9.17) is 21.7 Å². The molecule has 4 rings (SSSR count). The molecule has 206 valence electrons. The first kappa shape index (κ1) is 28.7. The van der Waals surface area contributed by atoms with Crippen LogP contribution in [0.25, 0.3) is 6.08 Å². The number of hydrogen-bond donors (Lipinski definition) is 0. The smallest absolute Gasteiger partial charge is 0.270 e. The van der Waals surface area contributed by atoms with Crippen molar-refractivity contribution in [3.8, 4) is 17.6 Å². The van der Waals surface area contributed by atoms with Gasteiger partial charge in [-0.1, -0.05) is 30.0 Å². The van der Waals surface area contributed by atoms with Gasteiger partial charge in [0.1, 0.15) is 21.8 Å². The van der Waals surface area contributed by atoms with Gasteiger partial charge in [0, 0.05) is 44.8 Å². The number of nitrogens with zero attached hydrogens (tertiary/aromatic N) is 5. The van der Waals surface area contributed by atoms with Crippen LogP contribution in [0.15, 0.2) is 27.9 Å². The zero-order chi connectivity index (χ0) is 28.3. The van der Waals surface area contributed by atoms with Crippen molar-refractivity contribution in [1.82, 2.24) is 14.4 Å². The fourth-order valence-corrected chi connectivity index (χ4v) is 6.19. The normalized spacial score (nSPS) is 17.2. The summed E-state index contributed by atoms with van der Waals surface area (Å²) >= 11 is 6.84. The van der Waals surface area contributed by atoms with E-state index in [1.807, 2.05) is 31.2 Å². The number of likely N-dealkylation sites (N-methyl/N-ethyl adjacent to an activating group) is 1. The lowest BCUT2D eigenvalue weighted by Crippen LogP contribution is -2.47. The summed E-state index contributed by atoms with van der Waals surface area (Å²) in [6.45, 7) is 7.71. The van der Waals surface area contributed by atoms with Crippen molar-refractivity contribution in [2.24, 2.45) is 0 Å². The van der Waals surface area contributed by atoms with E-state index in [-0.39, 0.29) is 17.0 Å². The molecule has 1 aromatic carbocycles. The molecule has 3 heterocycles. The molecule has 0 atom stereocenters. The number of rotatable bonds is 8. The number of nitriles is 1. The van der Waals surface area contributed by atoms with Crippen LogP contribution in [0.2, 0.25) is 0 Å². The first-order chi connectivity index (χ1) is 18.7. The highest BCUT2D eigenvalue weighted by atomic mass is 32.2. The highest BCUT2D eigenvalue weighted by Gasteiger charge is 2.33. The van der Waals surface area contributed by atoms with Gasteiger partial charge in [-0.3, -0.25) is 19.1 Å². The van der Waals surface area contributed by atoms with E-state index in [1.54, 1.807) is 30.6 Å². The molecule has 2 aliphatic rings. The van der Waals surface area contributed by atoms with E-state index in [2.05, 4.69) is 22.9 Å². The molecule has 2 fully saturated rings. The number of aromatic nitrogens is 1. The molecule has 0 unspecified atom stereocenters. The largest absolute Gasteiger partial charge is 0.493 e. The molecule has 9 nitrogen and oxygen atoms in total. The number of thioether (sulfide) groups is 1. The SMILES string of the molecule is CCn1c(N2CCN(C)CC2)c(C=C2SC(=S)N(CCc3ccc(OC)c(OC)c3)C2=O)c(C)c(C#N)c1=O. The Bertz CT molecular complexity index is 1420. The van der Waals surface area contributed by atoms with Crippen molar-refractivity contribution in [2.45, 2.75) is 26.8 Å². The first-order valence-corrected chi connectivity index (χ1v) is 14.0. The summed E-state index contributed by atoms with van der Waals surface area (Å²) < 4.78 is 12.8. The van der Waals surface area contributed by atoms with Gasteiger partial charge in [-0.15, -0.1) is 0 Å². The van der Waals surface area contributed by atoms with Gasteiger partial charge in [-0.2, -0.15) is 5.26 Å². The van der Waals surface area contributed by atoms with Crippen LogP contribution in [-0.4, -0.2) is 78.6 Å². The second kappa shape index (κ2) is 12.2. The lowest BCUT2D eigenvalue weighted by Gasteiger charge is -2.36. The predicted molar refractivity (Wildman–Crippen MR) is 159 cm³/mol. The molecular formula is C28H33N5O4S2. The number of carbonyl (C=O) groups is 1. The van der Waals surface area contributed by atoms with Crippen molar-refractivity contribution in [3.63, 3.8) is 0 Å². The second-order valence-corrected chi connectivity index (χ2v) is 11.1. The van der Waals surface area contributed by atoms with E-state index >= 15 is 0 Å². The van der Waals surface area contributed by atoms with E-state index < -0.39 is 0 Å². The molecular weight excluding hydrogens is 534 g/mol. The highest BCUT2D eigenvalue weighted by molar-refractivity contribution is 8.26. The van der Waals surface area contributed by atoms with Crippen LogP contribution < -0.4 is 19.9 Å². The number of benzene rings is 1. The summed E-state index contributed by atoms with van der Waals surface area (Å²) in [6.07, 6.45) is 2.40. The molecule has 0 saturated carbocycles. The van der Waals surface area contributed by atoms with Crippen LogP contribution in [0.5, 0.6) is 11.5 Å². The van der Waals surface area contributed by atoms with E-state index in [1.165, 1.54) is 11.8 Å². The fourth-order valence-electron chi connectivity index (χ4n) is 4.90. The van der Waals surface area contributed by atoms with Crippen LogP contribution in [-0.2, 0) is 17.8 Å². The third kappa shape index (κ3) is 5.69. The molecule has 2 aromatic rings. The summed E-state index contributed by atoms with van der Waals surface area (Å²) in [5, 5.41) is 9.80. The minimum atomic E-state index is -0.300. The summed E-state index contributed by atoms with van der Waals surface area (Å²) in [5.41, 5.74) is 2.10. The van der Waals surface area contributed by atoms with Crippen LogP contribution >= 0.6 is 24.0 Å². The van der Waals surface area contributed by atoms with Crippen LogP contribution in [0.3, 0.4) is 0 Å². The third-order valence-corrected chi connectivity index (χ3v) is 8.56. The quantitative estimate of drug-likeness (QED) is 0.352. The number of methoxy groups -OCH3 is 2. The minimum absolute atomic E-state index is 0.102. The molecule has 11 heteroatoms. The van der Waals surface area contributed by atoms with E-state index in [0.717, 1.165) is 43.1 Å². The van der Waals surface area contributed by atoms with Crippen molar-refractivity contribution in [3.05, 3.63) is 55.7 Å². The Morgan fingerprint density at radius 1 is 1.13 bits per heavy atom. The van der Waals surface area contributed by atoms with E-state index in [0.29, 0.717) is 45.8 Å². The Kier molecular flexibility index (Phi) is 9.00. The molecule has 2 aliphatic heterocycles. The van der Waals surface area contributed by atoms with Crippen LogP contribution in [0.1, 0.15) is 29.2 Å². The Labute approximate surface area is 238 Å². The highest BCUT2D eigenvalue weighted by Crippen LogP contribution is 2.36. The number of pyridine rings is 1. The summed E-state index contributed by atoms with van der Waals surface area (Å²) in [7, 11) is 5.25. The molecule has 2 saturated heterocycles. The predicted octanol–water partition coefficient (Wildman–Crippen LogP) is 3.26. The summed E-state index contributed by atoms with van der Waals surface area (Å²) in [5.74, 6) is 1.85. The fraction of sp³-hybridized carbons (Fsp3) is 0.429. The topological polar surface area (TPSA) is 91.0 Å². The standard InChI is InChI=1S/C28H33N5O4S2/c1-6-32-25(31-13-11-30(3)12-14-31)20(18(2)21(17-29)26(32)34)16-24-27(35)33(28(38)39-24)10-9-19-7-8-22(36-4)23(15-19)37-5/h7-8,15-16H,6,9-14H2,1-5H3. The molecule has 39 heavy (non-hydrogen) atoms. The number of amides is 1. The van der Waals surface area contributed by atoms with Gasteiger partial charge in [0.25, 0.3) is 11.5 Å². The second-order valence-electron chi connectivity index (χ2n) is 9.46. The number of piperazine rings is 1. The number of ether oxygens (including phenoxy) is 2. The molecule has 0 spiro atoms.